The molecule has 2 aromatic rings. The molecular weight excluding hydrogens is 290 g/mol. The summed E-state index contributed by atoms with van der Waals surface area (Å²) in [5.41, 5.74) is 1.35. The lowest BCUT2D eigenvalue weighted by molar-refractivity contribution is 0.0757. The lowest BCUT2D eigenvalue weighted by Gasteiger charge is -2.20. The SMILES string of the molecule is CCCn1nc(C(=O)N(CC)CCc2ccccc2)ccc1=O. The second kappa shape index (κ2) is 8.27. The molecule has 0 N–H and O–H groups in total. The summed E-state index contributed by atoms with van der Waals surface area (Å²) < 4.78 is 1.36. The average molecular weight is 313 g/mol. The van der Waals surface area contributed by atoms with Gasteiger partial charge in [0.15, 0.2) is 0 Å². The van der Waals surface area contributed by atoms with Crippen LogP contribution in [0.4, 0.5) is 0 Å². The molecule has 1 heterocycles. The van der Waals surface area contributed by atoms with E-state index in [1.807, 2.05) is 32.0 Å². The van der Waals surface area contributed by atoms with Gasteiger partial charge < -0.3 is 4.90 Å². The number of nitrogens with zero attached hydrogens (tertiary/aromatic N) is 3. The van der Waals surface area contributed by atoms with Crippen molar-refractivity contribution in [3.8, 4) is 0 Å². The van der Waals surface area contributed by atoms with Crippen LogP contribution in [-0.2, 0) is 13.0 Å². The summed E-state index contributed by atoms with van der Waals surface area (Å²) in [6.07, 6.45) is 1.60. The Hall–Kier alpha value is -2.43. The Kier molecular flexibility index (Phi) is 6.09. The third-order valence-corrected chi connectivity index (χ3v) is 3.70. The van der Waals surface area contributed by atoms with E-state index in [1.165, 1.54) is 22.4 Å². The Morgan fingerprint density at radius 1 is 1.13 bits per heavy atom. The molecule has 0 atom stereocenters. The predicted molar refractivity (Wildman–Crippen MR) is 90.5 cm³/mol. The smallest absolute Gasteiger partial charge is 0.274 e. The van der Waals surface area contributed by atoms with E-state index in [-0.39, 0.29) is 11.5 Å². The van der Waals surface area contributed by atoms with Crippen LogP contribution in [0.25, 0.3) is 0 Å². The van der Waals surface area contributed by atoms with E-state index < -0.39 is 0 Å². The van der Waals surface area contributed by atoms with Gasteiger partial charge in [0, 0.05) is 25.7 Å². The number of carbonyl (C=O) groups is 1. The maximum absolute atomic E-state index is 12.6. The fourth-order valence-corrected chi connectivity index (χ4v) is 2.41. The number of aromatic nitrogens is 2. The highest BCUT2D eigenvalue weighted by Crippen LogP contribution is 2.05. The minimum absolute atomic E-state index is 0.131. The molecule has 1 aromatic heterocycles. The molecule has 0 saturated carbocycles. The van der Waals surface area contributed by atoms with Gasteiger partial charge in [0.05, 0.1) is 0 Å². The first kappa shape index (κ1) is 16.9. The topological polar surface area (TPSA) is 55.2 Å². The Balaban J connectivity index is 2.10. The fraction of sp³-hybridized carbons (Fsp3) is 0.389. The number of rotatable bonds is 7. The highest BCUT2D eigenvalue weighted by Gasteiger charge is 2.16. The monoisotopic (exact) mass is 313 g/mol. The van der Waals surface area contributed by atoms with E-state index in [4.69, 9.17) is 0 Å². The second-order valence-electron chi connectivity index (χ2n) is 5.40. The van der Waals surface area contributed by atoms with Crippen molar-refractivity contribution in [2.24, 2.45) is 0 Å². The largest absolute Gasteiger partial charge is 0.337 e. The molecule has 1 amide bonds. The Bertz CT molecular complexity index is 695. The van der Waals surface area contributed by atoms with E-state index in [0.29, 0.717) is 25.3 Å². The van der Waals surface area contributed by atoms with Crippen LogP contribution in [-0.4, -0.2) is 33.7 Å². The lowest BCUT2D eigenvalue weighted by atomic mass is 10.1. The van der Waals surface area contributed by atoms with Gasteiger partial charge in [-0.3, -0.25) is 9.59 Å². The van der Waals surface area contributed by atoms with Gasteiger partial charge in [-0.25, -0.2) is 4.68 Å². The highest BCUT2D eigenvalue weighted by atomic mass is 16.2. The molecule has 0 radical (unpaired) electrons. The number of carbonyl (C=O) groups excluding carboxylic acids is 1. The van der Waals surface area contributed by atoms with Gasteiger partial charge in [-0.1, -0.05) is 37.3 Å². The first-order chi connectivity index (χ1) is 11.2. The number of benzene rings is 1. The van der Waals surface area contributed by atoms with Gasteiger partial charge in [0.2, 0.25) is 0 Å². The fourth-order valence-electron chi connectivity index (χ4n) is 2.41. The third-order valence-electron chi connectivity index (χ3n) is 3.70. The summed E-state index contributed by atoms with van der Waals surface area (Å²) in [6, 6.07) is 13.0. The maximum atomic E-state index is 12.6. The molecule has 0 aliphatic carbocycles. The zero-order valence-electron chi connectivity index (χ0n) is 13.7. The number of aryl methyl sites for hydroxylation is 1. The van der Waals surface area contributed by atoms with Crippen LogP contribution in [0.15, 0.2) is 47.3 Å². The quantitative estimate of drug-likeness (QED) is 0.788. The van der Waals surface area contributed by atoms with Crippen LogP contribution in [0.5, 0.6) is 0 Å². The second-order valence-corrected chi connectivity index (χ2v) is 5.40. The van der Waals surface area contributed by atoms with E-state index in [1.54, 1.807) is 4.90 Å². The van der Waals surface area contributed by atoms with Crippen molar-refractivity contribution in [1.29, 1.82) is 0 Å². The molecule has 0 bridgehead atoms. The summed E-state index contributed by atoms with van der Waals surface area (Å²) in [6.45, 7) is 5.69. The summed E-state index contributed by atoms with van der Waals surface area (Å²) in [7, 11) is 0. The molecule has 5 heteroatoms. The van der Waals surface area contributed by atoms with Gasteiger partial charge in [-0.2, -0.15) is 5.10 Å². The summed E-state index contributed by atoms with van der Waals surface area (Å²) in [4.78, 5) is 26.1. The van der Waals surface area contributed by atoms with Crippen molar-refractivity contribution in [3.05, 3.63) is 64.1 Å². The van der Waals surface area contributed by atoms with Crippen LogP contribution in [0.1, 0.15) is 36.3 Å². The minimum Gasteiger partial charge on any atom is -0.337 e. The van der Waals surface area contributed by atoms with Gasteiger partial charge in [-0.05, 0) is 31.4 Å². The number of amides is 1. The van der Waals surface area contributed by atoms with E-state index in [9.17, 15) is 9.59 Å². The third kappa shape index (κ3) is 4.52. The molecule has 122 valence electrons. The summed E-state index contributed by atoms with van der Waals surface area (Å²) in [5.74, 6) is -0.131. The lowest BCUT2D eigenvalue weighted by Crippen LogP contribution is -2.35. The molecule has 5 nitrogen and oxygen atoms in total. The normalized spacial score (nSPS) is 10.5. The van der Waals surface area contributed by atoms with Crippen molar-refractivity contribution in [1.82, 2.24) is 14.7 Å². The van der Waals surface area contributed by atoms with Crippen molar-refractivity contribution in [2.75, 3.05) is 13.1 Å². The predicted octanol–water partition coefficient (Wildman–Crippen LogP) is 2.36. The summed E-state index contributed by atoms with van der Waals surface area (Å²) >= 11 is 0. The van der Waals surface area contributed by atoms with Crippen molar-refractivity contribution < 1.29 is 4.79 Å². The van der Waals surface area contributed by atoms with Gasteiger partial charge in [0.1, 0.15) is 5.69 Å². The zero-order chi connectivity index (χ0) is 16.7. The molecule has 0 spiro atoms. The Morgan fingerprint density at radius 2 is 1.87 bits per heavy atom. The average Bonchev–Trinajstić information content (AvgIpc) is 2.58. The highest BCUT2D eigenvalue weighted by molar-refractivity contribution is 5.92. The molecule has 2 rings (SSSR count). The maximum Gasteiger partial charge on any atom is 0.274 e. The summed E-state index contributed by atoms with van der Waals surface area (Å²) in [5, 5.41) is 4.20. The zero-order valence-corrected chi connectivity index (χ0v) is 13.7. The van der Waals surface area contributed by atoms with Gasteiger partial charge in [0.25, 0.3) is 11.5 Å². The van der Waals surface area contributed by atoms with Gasteiger partial charge in [-0.15, -0.1) is 0 Å². The van der Waals surface area contributed by atoms with E-state index >= 15 is 0 Å². The van der Waals surface area contributed by atoms with Crippen molar-refractivity contribution >= 4 is 5.91 Å². The van der Waals surface area contributed by atoms with E-state index in [2.05, 4.69) is 17.2 Å². The molecule has 1 aromatic carbocycles. The number of likely N-dealkylation sites (N-methyl/N-ethyl adjacent to an activating group) is 1. The van der Waals surface area contributed by atoms with Crippen molar-refractivity contribution in [3.63, 3.8) is 0 Å². The van der Waals surface area contributed by atoms with E-state index in [0.717, 1.165) is 12.8 Å². The first-order valence-corrected chi connectivity index (χ1v) is 8.07. The van der Waals surface area contributed by atoms with Crippen LogP contribution < -0.4 is 5.56 Å². The number of hydrogen-bond acceptors (Lipinski definition) is 3. The van der Waals surface area contributed by atoms with Gasteiger partial charge >= 0.3 is 0 Å². The molecular formula is C18H23N3O2. The number of hydrogen-bond donors (Lipinski definition) is 0. The van der Waals surface area contributed by atoms with Crippen molar-refractivity contribution in [2.45, 2.75) is 33.2 Å². The molecule has 0 aliphatic heterocycles. The van der Waals surface area contributed by atoms with Crippen LogP contribution in [0.3, 0.4) is 0 Å². The Morgan fingerprint density at radius 3 is 2.52 bits per heavy atom. The van der Waals surface area contributed by atoms with Crippen LogP contribution in [0, 0.1) is 0 Å². The standard InChI is InChI=1S/C18H23N3O2/c1-3-13-21-17(22)11-10-16(19-21)18(23)20(4-2)14-12-15-8-6-5-7-9-15/h5-11H,3-4,12-14H2,1-2H3. The molecule has 23 heavy (non-hydrogen) atoms. The molecule has 0 saturated heterocycles. The Labute approximate surface area is 136 Å². The minimum atomic E-state index is -0.171. The van der Waals surface area contributed by atoms with Crippen LogP contribution in [0.2, 0.25) is 0 Å². The first-order valence-electron chi connectivity index (χ1n) is 8.07. The molecule has 0 aliphatic rings. The van der Waals surface area contributed by atoms with Crippen LogP contribution >= 0.6 is 0 Å². The molecule has 0 unspecified atom stereocenters. The molecule has 0 fully saturated rings.